The SMILES string of the molecule is CCNc1ccccc1S(=O)(=O)NC1CCC(C)(C)CC1. The fraction of sp³-hybridized carbons (Fsp3) is 0.625. The van der Waals surface area contributed by atoms with Gasteiger partial charge in [0.25, 0.3) is 0 Å². The quantitative estimate of drug-likeness (QED) is 0.876. The molecule has 0 radical (unpaired) electrons. The summed E-state index contributed by atoms with van der Waals surface area (Å²) in [6, 6.07) is 7.13. The third-order valence-corrected chi connectivity index (χ3v) is 5.78. The van der Waals surface area contributed by atoms with E-state index in [4.69, 9.17) is 0 Å². The van der Waals surface area contributed by atoms with Crippen molar-refractivity contribution in [2.24, 2.45) is 5.41 Å². The molecule has 1 aromatic carbocycles. The summed E-state index contributed by atoms with van der Waals surface area (Å²) >= 11 is 0. The van der Waals surface area contributed by atoms with E-state index in [0.29, 0.717) is 22.5 Å². The maximum atomic E-state index is 12.6. The molecule has 1 aromatic rings. The Balaban J connectivity index is 2.12. The molecule has 0 amide bonds. The maximum absolute atomic E-state index is 12.6. The van der Waals surface area contributed by atoms with Gasteiger partial charge in [-0.05, 0) is 50.2 Å². The first-order valence-electron chi connectivity index (χ1n) is 7.69. The molecular formula is C16H26N2O2S. The summed E-state index contributed by atoms with van der Waals surface area (Å²) in [7, 11) is -3.46. The molecule has 118 valence electrons. The van der Waals surface area contributed by atoms with Crippen molar-refractivity contribution < 1.29 is 8.42 Å². The zero-order valence-electron chi connectivity index (χ0n) is 13.1. The summed E-state index contributed by atoms with van der Waals surface area (Å²) in [5.74, 6) is 0. The van der Waals surface area contributed by atoms with E-state index in [1.54, 1.807) is 12.1 Å². The van der Waals surface area contributed by atoms with Crippen LogP contribution in [-0.4, -0.2) is 21.0 Å². The molecule has 4 nitrogen and oxygen atoms in total. The number of hydrogen-bond donors (Lipinski definition) is 2. The standard InChI is InChI=1S/C16H26N2O2S/c1-4-17-14-7-5-6-8-15(14)21(19,20)18-13-9-11-16(2,3)12-10-13/h5-8,13,17-18H,4,9-12H2,1-3H3. The average molecular weight is 310 g/mol. The van der Waals surface area contributed by atoms with Crippen molar-refractivity contribution in [1.29, 1.82) is 0 Å². The summed E-state index contributed by atoms with van der Waals surface area (Å²) < 4.78 is 28.1. The van der Waals surface area contributed by atoms with Crippen molar-refractivity contribution >= 4 is 15.7 Å². The monoisotopic (exact) mass is 310 g/mol. The molecule has 0 bridgehead atoms. The second-order valence-corrected chi connectivity index (χ2v) is 8.27. The first kappa shape index (κ1) is 16.3. The molecule has 0 atom stereocenters. The smallest absolute Gasteiger partial charge is 0.242 e. The molecule has 5 heteroatoms. The van der Waals surface area contributed by atoms with Gasteiger partial charge in [0.1, 0.15) is 4.90 Å². The fourth-order valence-corrected chi connectivity index (χ4v) is 4.33. The highest BCUT2D eigenvalue weighted by Gasteiger charge is 2.30. The Kier molecular flexibility index (Phi) is 4.94. The normalized spacial score (nSPS) is 19.4. The van der Waals surface area contributed by atoms with E-state index in [1.165, 1.54) is 0 Å². The Morgan fingerprint density at radius 2 is 1.81 bits per heavy atom. The minimum Gasteiger partial charge on any atom is -0.384 e. The molecule has 0 heterocycles. The number of hydrogen-bond acceptors (Lipinski definition) is 3. The molecular weight excluding hydrogens is 284 g/mol. The van der Waals surface area contributed by atoms with Crippen LogP contribution in [0.1, 0.15) is 46.5 Å². The lowest BCUT2D eigenvalue weighted by Gasteiger charge is -2.34. The van der Waals surface area contributed by atoms with Crippen molar-refractivity contribution in [1.82, 2.24) is 4.72 Å². The van der Waals surface area contributed by atoms with Crippen LogP contribution in [0.2, 0.25) is 0 Å². The fourth-order valence-electron chi connectivity index (χ4n) is 2.84. The number of nitrogens with one attached hydrogen (secondary N) is 2. The summed E-state index contributed by atoms with van der Waals surface area (Å²) in [6.45, 7) is 7.15. The molecule has 0 saturated heterocycles. The third-order valence-electron chi connectivity index (χ3n) is 4.20. The van der Waals surface area contributed by atoms with Gasteiger partial charge < -0.3 is 5.32 Å². The molecule has 0 spiro atoms. The van der Waals surface area contributed by atoms with Gasteiger partial charge in [0.15, 0.2) is 0 Å². The first-order chi connectivity index (χ1) is 9.84. The van der Waals surface area contributed by atoms with E-state index in [-0.39, 0.29) is 6.04 Å². The third kappa shape index (κ3) is 4.20. The van der Waals surface area contributed by atoms with Crippen LogP contribution in [0, 0.1) is 5.41 Å². The number of benzene rings is 1. The molecule has 2 rings (SSSR count). The van der Waals surface area contributed by atoms with Gasteiger partial charge in [0.05, 0.1) is 5.69 Å². The van der Waals surface area contributed by atoms with Crippen LogP contribution in [0.5, 0.6) is 0 Å². The Bertz CT molecular complexity index is 572. The Morgan fingerprint density at radius 3 is 2.43 bits per heavy atom. The largest absolute Gasteiger partial charge is 0.384 e. The minimum atomic E-state index is -3.46. The molecule has 1 aliphatic carbocycles. The summed E-state index contributed by atoms with van der Waals surface area (Å²) in [5, 5.41) is 3.11. The molecule has 0 aromatic heterocycles. The van der Waals surface area contributed by atoms with Gasteiger partial charge >= 0.3 is 0 Å². The van der Waals surface area contributed by atoms with E-state index < -0.39 is 10.0 Å². The second-order valence-electron chi connectivity index (χ2n) is 6.59. The number of para-hydroxylation sites is 1. The highest BCUT2D eigenvalue weighted by atomic mass is 32.2. The van der Waals surface area contributed by atoms with Gasteiger partial charge in [-0.3, -0.25) is 0 Å². The highest BCUT2D eigenvalue weighted by Crippen LogP contribution is 2.35. The van der Waals surface area contributed by atoms with Gasteiger partial charge in [-0.1, -0.05) is 26.0 Å². The lowest BCUT2D eigenvalue weighted by Crippen LogP contribution is -2.39. The van der Waals surface area contributed by atoms with Crippen molar-refractivity contribution in [3.8, 4) is 0 Å². The van der Waals surface area contributed by atoms with Gasteiger partial charge in [0, 0.05) is 12.6 Å². The Hall–Kier alpha value is -1.07. The van der Waals surface area contributed by atoms with Crippen LogP contribution in [-0.2, 0) is 10.0 Å². The average Bonchev–Trinajstić information content (AvgIpc) is 2.42. The van der Waals surface area contributed by atoms with E-state index in [0.717, 1.165) is 25.7 Å². The Morgan fingerprint density at radius 1 is 1.19 bits per heavy atom. The van der Waals surface area contributed by atoms with E-state index in [2.05, 4.69) is 23.9 Å². The van der Waals surface area contributed by atoms with Crippen LogP contribution in [0.3, 0.4) is 0 Å². The van der Waals surface area contributed by atoms with E-state index in [9.17, 15) is 8.42 Å². The van der Waals surface area contributed by atoms with Crippen molar-refractivity contribution in [3.63, 3.8) is 0 Å². The lowest BCUT2D eigenvalue weighted by molar-refractivity contribution is 0.218. The molecule has 0 aliphatic heterocycles. The van der Waals surface area contributed by atoms with Crippen molar-refractivity contribution in [2.45, 2.75) is 57.4 Å². The van der Waals surface area contributed by atoms with E-state index >= 15 is 0 Å². The molecule has 1 fully saturated rings. The van der Waals surface area contributed by atoms with Crippen LogP contribution in [0.25, 0.3) is 0 Å². The number of sulfonamides is 1. The molecule has 1 saturated carbocycles. The summed E-state index contributed by atoms with van der Waals surface area (Å²) in [4.78, 5) is 0.344. The van der Waals surface area contributed by atoms with E-state index in [1.807, 2.05) is 19.1 Å². The predicted octanol–water partition coefficient (Wildman–Crippen LogP) is 3.37. The van der Waals surface area contributed by atoms with Gasteiger partial charge in [-0.15, -0.1) is 0 Å². The zero-order chi connectivity index (χ0) is 15.5. The van der Waals surface area contributed by atoms with Crippen LogP contribution >= 0.6 is 0 Å². The summed E-state index contributed by atoms with van der Waals surface area (Å²) in [6.07, 6.45) is 3.95. The zero-order valence-corrected chi connectivity index (χ0v) is 14.0. The van der Waals surface area contributed by atoms with Crippen molar-refractivity contribution in [3.05, 3.63) is 24.3 Å². The van der Waals surface area contributed by atoms with Crippen molar-refractivity contribution in [2.75, 3.05) is 11.9 Å². The minimum absolute atomic E-state index is 0.0534. The second kappa shape index (κ2) is 6.36. The van der Waals surface area contributed by atoms with Crippen LogP contribution < -0.4 is 10.0 Å². The van der Waals surface area contributed by atoms with Crippen LogP contribution in [0.4, 0.5) is 5.69 Å². The number of anilines is 1. The lowest BCUT2D eigenvalue weighted by atomic mass is 9.76. The molecule has 21 heavy (non-hydrogen) atoms. The van der Waals surface area contributed by atoms with Gasteiger partial charge in [-0.25, -0.2) is 13.1 Å². The molecule has 1 aliphatic rings. The van der Waals surface area contributed by atoms with Gasteiger partial charge in [-0.2, -0.15) is 0 Å². The molecule has 0 unspecified atom stereocenters. The number of rotatable bonds is 5. The molecule has 2 N–H and O–H groups in total. The Labute approximate surface area is 128 Å². The summed E-state index contributed by atoms with van der Waals surface area (Å²) in [5.41, 5.74) is 1.01. The van der Waals surface area contributed by atoms with Crippen LogP contribution in [0.15, 0.2) is 29.2 Å². The topological polar surface area (TPSA) is 58.2 Å². The van der Waals surface area contributed by atoms with Gasteiger partial charge in [0.2, 0.25) is 10.0 Å². The highest BCUT2D eigenvalue weighted by molar-refractivity contribution is 7.89. The predicted molar refractivity (Wildman–Crippen MR) is 87.0 cm³/mol. The first-order valence-corrected chi connectivity index (χ1v) is 9.18. The maximum Gasteiger partial charge on any atom is 0.242 e.